The summed E-state index contributed by atoms with van der Waals surface area (Å²) in [7, 11) is 0. The molecular weight excluding hydrogens is 240 g/mol. The van der Waals surface area contributed by atoms with E-state index in [2.05, 4.69) is 33.0 Å². The van der Waals surface area contributed by atoms with Crippen molar-refractivity contribution in [2.45, 2.75) is 40.5 Å². The number of nitrogens with two attached hydrogens (primary N) is 1. The van der Waals surface area contributed by atoms with Gasteiger partial charge in [-0.1, -0.05) is 27.7 Å². The Balaban J connectivity index is 2.56. The van der Waals surface area contributed by atoms with Gasteiger partial charge in [0.1, 0.15) is 5.75 Å². The Hall–Kier alpha value is -1.71. The molecule has 19 heavy (non-hydrogen) atoms. The van der Waals surface area contributed by atoms with Gasteiger partial charge in [0.2, 0.25) is 5.91 Å². The molecule has 1 rings (SSSR count). The molecule has 106 valence electrons. The van der Waals surface area contributed by atoms with E-state index in [1.54, 1.807) is 6.07 Å². The lowest BCUT2D eigenvalue weighted by Crippen LogP contribution is -2.19. The molecule has 0 aromatic heterocycles. The molecule has 0 spiro atoms. The molecule has 1 amide bonds. The quantitative estimate of drug-likeness (QED) is 0.576. The largest absolute Gasteiger partial charge is 0.508 e. The number of aromatic hydroxyl groups is 1. The second-order valence-electron chi connectivity index (χ2n) is 6.39. The summed E-state index contributed by atoms with van der Waals surface area (Å²) in [6.45, 7) is 8.57. The van der Waals surface area contributed by atoms with Crippen LogP contribution in [0.15, 0.2) is 18.2 Å². The van der Waals surface area contributed by atoms with Gasteiger partial charge in [-0.2, -0.15) is 0 Å². The normalized spacial score (nSPS) is 13.1. The molecule has 0 saturated carbocycles. The molecule has 1 aromatic rings. The Morgan fingerprint density at radius 2 is 2.05 bits per heavy atom. The number of rotatable bonds is 4. The van der Waals surface area contributed by atoms with Crippen LogP contribution in [0.25, 0.3) is 0 Å². The second kappa shape index (κ2) is 5.95. The monoisotopic (exact) mass is 264 g/mol. The van der Waals surface area contributed by atoms with Crippen LogP contribution < -0.4 is 11.1 Å². The average molecular weight is 264 g/mol. The highest BCUT2D eigenvalue weighted by Gasteiger charge is 2.18. The lowest BCUT2D eigenvalue weighted by atomic mass is 9.84. The van der Waals surface area contributed by atoms with Gasteiger partial charge < -0.3 is 16.2 Å². The zero-order valence-electron chi connectivity index (χ0n) is 12.2. The number of amides is 1. The maximum Gasteiger partial charge on any atom is 0.224 e. The van der Waals surface area contributed by atoms with Crippen molar-refractivity contribution < 1.29 is 9.90 Å². The molecule has 1 atom stereocenters. The number of carbonyl (C=O) groups excluding carboxylic acids is 1. The number of nitrogen functional groups attached to an aromatic ring is 1. The summed E-state index contributed by atoms with van der Waals surface area (Å²) in [6, 6.07) is 4.54. The van der Waals surface area contributed by atoms with Crippen molar-refractivity contribution in [1.29, 1.82) is 0 Å². The van der Waals surface area contributed by atoms with Crippen molar-refractivity contribution >= 4 is 17.3 Å². The molecule has 0 fully saturated rings. The number of phenols is 1. The van der Waals surface area contributed by atoms with Crippen LogP contribution in [0, 0.1) is 11.3 Å². The summed E-state index contributed by atoms with van der Waals surface area (Å²) in [5.74, 6) is 0.365. The highest BCUT2D eigenvalue weighted by molar-refractivity contribution is 5.94. The van der Waals surface area contributed by atoms with E-state index in [-0.39, 0.29) is 17.1 Å². The van der Waals surface area contributed by atoms with E-state index in [0.717, 1.165) is 6.42 Å². The molecule has 0 heterocycles. The first kappa shape index (κ1) is 15.3. The number of phenolic OH excluding ortho intramolecular Hbond substituents is 1. The summed E-state index contributed by atoms with van der Waals surface area (Å²) >= 11 is 0. The van der Waals surface area contributed by atoms with E-state index >= 15 is 0 Å². The van der Waals surface area contributed by atoms with Crippen LogP contribution in [0.2, 0.25) is 0 Å². The number of hydrogen-bond acceptors (Lipinski definition) is 3. The van der Waals surface area contributed by atoms with Crippen LogP contribution in [0.5, 0.6) is 5.75 Å². The molecule has 1 unspecified atom stereocenters. The maximum atomic E-state index is 11.9. The number of benzene rings is 1. The van der Waals surface area contributed by atoms with E-state index in [1.807, 2.05) is 0 Å². The Labute approximate surface area is 115 Å². The molecule has 0 bridgehead atoms. The summed E-state index contributed by atoms with van der Waals surface area (Å²) in [5.41, 5.74) is 6.87. The van der Waals surface area contributed by atoms with Crippen LogP contribution in [0.1, 0.15) is 40.5 Å². The first-order valence-corrected chi connectivity index (χ1v) is 6.56. The summed E-state index contributed by atoms with van der Waals surface area (Å²) in [4.78, 5) is 11.9. The van der Waals surface area contributed by atoms with Gasteiger partial charge in [0.15, 0.2) is 0 Å². The first-order chi connectivity index (χ1) is 8.67. The van der Waals surface area contributed by atoms with E-state index in [4.69, 9.17) is 5.73 Å². The molecule has 0 aliphatic rings. The first-order valence-electron chi connectivity index (χ1n) is 6.56. The van der Waals surface area contributed by atoms with Gasteiger partial charge in [0.05, 0.1) is 11.4 Å². The zero-order chi connectivity index (χ0) is 14.6. The lowest BCUT2D eigenvalue weighted by molar-refractivity contribution is -0.117. The zero-order valence-corrected chi connectivity index (χ0v) is 12.2. The molecule has 0 aliphatic heterocycles. The molecular formula is C15H24N2O2. The predicted octanol–water partition coefficient (Wildman–Crippen LogP) is 3.38. The third-order valence-corrected chi connectivity index (χ3v) is 2.80. The van der Waals surface area contributed by atoms with E-state index < -0.39 is 0 Å². The van der Waals surface area contributed by atoms with Crippen molar-refractivity contribution in [2.24, 2.45) is 11.3 Å². The fourth-order valence-corrected chi connectivity index (χ4v) is 2.30. The Kier molecular flexibility index (Phi) is 4.81. The van der Waals surface area contributed by atoms with Crippen molar-refractivity contribution in [3.63, 3.8) is 0 Å². The summed E-state index contributed by atoms with van der Waals surface area (Å²) in [6.07, 6.45) is 1.46. The van der Waals surface area contributed by atoms with Gasteiger partial charge in [-0.05, 0) is 29.9 Å². The van der Waals surface area contributed by atoms with E-state index in [0.29, 0.717) is 23.7 Å². The van der Waals surface area contributed by atoms with Gasteiger partial charge in [-0.3, -0.25) is 4.79 Å². The molecule has 0 saturated heterocycles. The molecule has 0 aliphatic carbocycles. The minimum Gasteiger partial charge on any atom is -0.508 e. The van der Waals surface area contributed by atoms with Crippen molar-refractivity contribution in [3.05, 3.63) is 18.2 Å². The van der Waals surface area contributed by atoms with E-state index in [9.17, 15) is 9.90 Å². The molecule has 0 radical (unpaired) electrons. The van der Waals surface area contributed by atoms with Gasteiger partial charge in [-0.25, -0.2) is 0 Å². The van der Waals surface area contributed by atoms with Crippen LogP contribution in [0.4, 0.5) is 11.4 Å². The number of nitrogens with one attached hydrogen (secondary N) is 1. The van der Waals surface area contributed by atoms with Gasteiger partial charge in [0, 0.05) is 12.5 Å². The summed E-state index contributed by atoms with van der Waals surface area (Å²) < 4.78 is 0. The van der Waals surface area contributed by atoms with Gasteiger partial charge in [0.25, 0.3) is 0 Å². The Morgan fingerprint density at radius 3 is 2.58 bits per heavy atom. The highest BCUT2D eigenvalue weighted by Crippen LogP contribution is 2.27. The number of hydrogen-bond donors (Lipinski definition) is 3. The molecule has 4 N–H and O–H groups in total. The van der Waals surface area contributed by atoms with Crippen LogP contribution >= 0.6 is 0 Å². The number of anilines is 2. The minimum absolute atomic E-state index is 0.0471. The van der Waals surface area contributed by atoms with Crippen LogP contribution in [-0.2, 0) is 4.79 Å². The maximum absolute atomic E-state index is 11.9. The van der Waals surface area contributed by atoms with Crippen molar-refractivity contribution in [3.8, 4) is 5.75 Å². The average Bonchev–Trinajstić information content (AvgIpc) is 2.19. The minimum atomic E-state index is -0.0471. The SMILES string of the molecule is CC(CC(=O)Nc1ccc(O)cc1N)CC(C)(C)C. The van der Waals surface area contributed by atoms with Crippen LogP contribution in [0.3, 0.4) is 0 Å². The third-order valence-electron chi connectivity index (χ3n) is 2.80. The van der Waals surface area contributed by atoms with Crippen LogP contribution in [-0.4, -0.2) is 11.0 Å². The molecule has 1 aromatic carbocycles. The lowest BCUT2D eigenvalue weighted by Gasteiger charge is -2.22. The summed E-state index contributed by atoms with van der Waals surface area (Å²) in [5, 5.41) is 12.0. The predicted molar refractivity (Wildman–Crippen MR) is 79.0 cm³/mol. The fourth-order valence-electron chi connectivity index (χ4n) is 2.30. The highest BCUT2D eigenvalue weighted by atomic mass is 16.3. The van der Waals surface area contributed by atoms with Gasteiger partial charge in [-0.15, -0.1) is 0 Å². The fraction of sp³-hybridized carbons (Fsp3) is 0.533. The third kappa shape index (κ3) is 5.64. The molecule has 4 heteroatoms. The Morgan fingerprint density at radius 1 is 1.42 bits per heavy atom. The van der Waals surface area contributed by atoms with E-state index in [1.165, 1.54) is 12.1 Å². The topological polar surface area (TPSA) is 75.3 Å². The van der Waals surface area contributed by atoms with Crippen molar-refractivity contribution in [1.82, 2.24) is 0 Å². The number of carbonyl (C=O) groups is 1. The van der Waals surface area contributed by atoms with Gasteiger partial charge >= 0.3 is 0 Å². The second-order valence-corrected chi connectivity index (χ2v) is 6.39. The smallest absolute Gasteiger partial charge is 0.224 e. The standard InChI is InChI=1S/C15H24N2O2/c1-10(9-15(2,3)4)7-14(19)17-13-6-5-11(18)8-12(13)16/h5-6,8,10,18H,7,9,16H2,1-4H3,(H,17,19). The van der Waals surface area contributed by atoms with Crippen molar-refractivity contribution in [2.75, 3.05) is 11.1 Å². The molecule has 4 nitrogen and oxygen atoms in total. The Bertz CT molecular complexity index is 450.